The molecule has 0 aliphatic heterocycles. The third kappa shape index (κ3) is 2.98. The van der Waals surface area contributed by atoms with Gasteiger partial charge in [-0.2, -0.15) is 0 Å². The molecule has 0 fully saturated rings. The zero-order chi connectivity index (χ0) is 13.1. The number of pyridine rings is 1. The first-order chi connectivity index (χ1) is 8.58. The monoisotopic (exact) mass is 323 g/mol. The molecule has 0 unspecified atom stereocenters. The number of halogens is 2. The summed E-state index contributed by atoms with van der Waals surface area (Å²) in [5.41, 5.74) is 2.41. The highest BCUT2D eigenvalue weighted by Crippen LogP contribution is 2.23. The van der Waals surface area contributed by atoms with E-state index in [1.54, 1.807) is 18.5 Å². The molecule has 2 nitrogen and oxygen atoms in total. The Morgan fingerprint density at radius 2 is 2.17 bits per heavy atom. The van der Waals surface area contributed by atoms with Crippen molar-refractivity contribution in [3.05, 3.63) is 62.8 Å². The molecular weight excluding hydrogens is 314 g/mol. The lowest BCUT2D eigenvalue weighted by Crippen LogP contribution is -2.06. The number of aromatic nitrogens is 1. The summed E-state index contributed by atoms with van der Waals surface area (Å²) in [5, 5.41) is 0.597. The van der Waals surface area contributed by atoms with Gasteiger partial charge in [0.25, 0.3) is 0 Å². The Balaban J connectivity index is 2.24. The van der Waals surface area contributed by atoms with Crippen LogP contribution in [0.1, 0.15) is 21.5 Å². The summed E-state index contributed by atoms with van der Waals surface area (Å²) in [4.78, 5) is 16.1. The summed E-state index contributed by atoms with van der Waals surface area (Å²) in [6.07, 6.45) is 3.57. The molecule has 0 saturated heterocycles. The Bertz CT molecular complexity index is 598. The van der Waals surface area contributed by atoms with Crippen LogP contribution in [0.3, 0.4) is 0 Å². The molecule has 1 aromatic heterocycles. The van der Waals surface area contributed by atoms with Crippen LogP contribution in [0, 0.1) is 6.92 Å². The van der Waals surface area contributed by atoms with Crippen LogP contribution in [0.15, 0.2) is 41.1 Å². The molecule has 18 heavy (non-hydrogen) atoms. The third-order valence-electron chi connectivity index (χ3n) is 2.71. The van der Waals surface area contributed by atoms with Gasteiger partial charge in [0.05, 0.1) is 0 Å². The maximum absolute atomic E-state index is 12.2. The fraction of sp³-hybridized carbons (Fsp3) is 0.143. The summed E-state index contributed by atoms with van der Waals surface area (Å²) in [5.74, 6) is 0.0322. The highest BCUT2D eigenvalue weighted by Gasteiger charge is 2.12. The minimum Gasteiger partial charge on any atom is -0.294 e. The second-order valence-corrected chi connectivity index (χ2v) is 5.35. The molecular formula is C14H11BrClNO. The quantitative estimate of drug-likeness (QED) is 0.791. The van der Waals surface area contributed by atoms with Gasteiger partial charge in [-0.05, 0) is 36.2 Å². The number of rotatable bonds is 3. The Morgan fingerprint density at radius 3 is 2.83 bits per heavy atom. The zero-order valence-electron chi connectivity index (χ0n) is 9.78. The van der Waals surface area contributed by atoms with Crippen LogP contribution in [0.25, 0.3) is 0 Å². The van der Waals surface area contributed by atoms with E-state index in [-0.39, 0.29) is 5.78 Å². The fourth-order valence-electron chi connectivity index (χ4n) is 1.69. The topological polar surface area (TPSA) is 30.0 Å². The van der Waals surface area contributed by atoms with Gasteiger partial charge in [-0.25, -0.2) is 0 Å². The van der Waals surface area contributed by atoms with Crippen molar-refractivity contribution in [3.8, 4) is 0 Å². The van der Waals surface area contributed by atoms with Gasteiger partial charge in [-0.1, -0.05) is 33.6 Å². The van der Waals surface area contributed by atoms with Crippen LogP contribution in [0.5, 0.6) is 0 Å². The van der Waals surface area contributed by atoms with E-state index in [2.05, 4.69) is 20.9 Å². The molecule has 0 N–H and O–H groups in total. The lowest BCUT2D eigenvalue weighted by Gasteiger charge is -2.06. The normalized spacial score (nSPS) is 10.4. The molecule has 0 saturated carbocycles. The van der Waals surface area contributed by atoms with Crippen LogP contribution >= 0.6 is 27.5 Å². The number of carbonyl (C=O) groups excluding carboxylic acids is 1. The van der Waals surface area contributed by atoms with Crippen molar-refractivity contribution in [2.75, 3.05) is 0 Å². The molecule has 0 aliphatic carbocycles. The predicted octanol–water partition coefficient (Wildman–Crippen LogP) is 4.23. The number of nitrogens with zero attached hydrogens (tertiary/aromatic N) is 1. The largest absolute Gasteiger partial charge is 0.294 e. The highest BCUT2D eigenvalue weighted by molar-refractivity contribution is 9.10. The number of ketones is 1. The molecule has 0 atom stereocenters. The second-order valence-electron chi connectivity index (χ2n) is 4.03. The van der Waals surface area contributed by atoms with Crippen molar-refractivity contribution in [3.63, 3.8) is 0 Å². The molecule has 2 aromatic rings. The van der Waals surface area contributed by atoms with E-state index in [1.807, 2.05) is 25.1 Å². The number of aryl methyl sites for hydroxylation is 1. The molecule has 0 amide bonds. The van der Waals surface area contributed by atoms with E-state index < -0.39 is 0 Å². The Labute approximate surface area is 119 Å². The van der Waals surface area contributed by atoms with Crippen molar-refractivity contribution >= 4 is 33.3 Å². The predicted molar refractivity (Wildman–Crippen MR) is 76.2 cm³/mol. The molecule has 2 rings (SSSR count). The van der Waals surface area contributed by atoms with Gasteiger partial charge < -0.3 is 0 Å². The first-order valence-corrected chi connectivity index (χ1v) is 6.63. The zero-order valence-corrected chi connectivity index (χ0v) is 12.1. The van der Waals surface area contributed by atoms with Crippen molar-refractivity contribution < 1.29 is 4.79 Å². The second kappa shape index (κ2) is 5.63. The van der Waals surface area contributed by atoms with E-state index in [9.17, 15) is 4.79 Å². The van der Waals surface area contributed by atoms with Gasteiger partial charge >= 0.3 is 0 Å². The lowest BCUT2D eigenvalue weighted by molar-refractivity contribution is 0.0992. The van der Waals surface area contributed by atoms with E-state index in [4.69, 9.17) is 11.6 Å². The van der Waals surface area contributed by atoms with E-state index in [1.165, 1.54) is 0 Å². The average molecular weight is 325 g/mol. The third-order valence-corrected chi connectivity index (χ3v) is 3.55. The maximum Gasteiger partial charge on any atom is 0.169 e. The van der Waals surface area contributed by atoms with Crippen LogP contribution in [-0.4, -0.2) is 10.8 Å². The highest BCUT2D eigenvalue weighted by atomic mass is 79.9. The van der Waals surface area contributed by atoms with Gasteiger partial charge in [-0.15, -0.1) is 0 Å². The van der Waals surface area contributed by atoms with Crippen LogP contribution in [-0.2, 0) is 6.42 Å². The van der Waals surface area contributed by atoms with Crippen LogP contribution in [0.2, 0.25) is 5.02 Å². The molecule has 0 radical (unpaired) electrons. The molecule has 0 spiro atoms. The van der Waals surface area contributed by atoms with Gasteiger partial charge in [0.15, 0.2) is 5.78 Å². The SMILES string of the molecule is Cc1ccncc1C(=O)Cc1ccc(Br)cc1Cl. The summed E-state index contributed by atoms with van der Waals surface area (Å²) < 4.78 is 0.904. The standard InChI is InChI=1S/C14H11BrClNO/c1-9-4-5-17-8-12(9)14(18)6-10-2-3-11(15)7-13(10)16/h2-5,7-8H,6H2,1H3. The summed E-state index contributed by atoms with van der Waals surface area (Å²) in [7, 11) is 0. The number of hydrogen-bond acceptors (Lipinski definition) is 2. The maximum atomic E-state index is 12.2. The number of carbonyl (C=O) groups is 1. The molecule has 92 valence electrons. The van der Waals surface area contributed by atoms with Crippen LogP contribution in [0.4, 0.5) is 0 Å². The van der Waals surface area contributed by atoms with Crippen molar-refractivity contribution in [1.29, 1.82) is 0 Å². The van der Waals surface area contributed by atoms with Crippen molar-refractivity contribution in [2.24, 2.45) is 0 Å². The molecule has 1 aromatic carbocycles. The number of hydrogen-bond donors (Lipinski definition) is 0. The summed E-state index contributed by atoms with van der Waals surface area (Å²) in [6.45, 7) is 1.90. The minimum atomic E-state index is 0.0322. The summed E-state index contributed by atoms with van der Waals surface area (Å²) in [6, 6.07) is 7.36. The average Bonchev–Trinajstić information content (AvgIpc) is 2.33. The van der Waals surface area contributed by atoms with Crippen molar-refractivity contribution in [1.82, 2.24) is 4.98 Å². The van der Waals surface area contributed by atoms with E-state index in [0.717, 1.165) is 15.6 Å². The van der Waals surface area contributed by atoms with Gasteiger partial charge in [0.2, 0.25) is 0 Å². The Morgan fingerprint density at radius 1 is 1.39 bits per heavy atom. The first-order valence-electron chi connectivity index (χ1n) is 5.45. The van der Waals surface area contributed by atoms with Crippen LogP contribution < -0.4 is 0 Å². The Kier molecular flexibility index (Phi) is 4.15. The van der Waals surface area contributed by atoms with Gasteiger partial charge in [-0.3, -0.25) is 9.78 Å². The minimum absolute atomic E-state index is 0.0322. The number of benzene rings is 1. The first kappa shape index (κ1) is 13.2. The van der Waals surface area contributed by atoms with E-state index in [0.29, 0.717) is 17.0 Å². The smallest absolute Gasteiger partial charge is 0.169 e. The van der Waals surface area contributed by atoms with Crippen molar-refractivity contribution in [2.45, 2.75) is 13.3 Å². The molecule has 0 bridgehead atoms. The Hall–Kier alpha value is -1.19. The van der Waals surface area contributed by atoms with Gasteiger partial charge in [0, 0.05) is 33.9 Å². The lowest BCUT2D eigenvalue weighted by atomic mass is 10.0. The van der Waals surface area contributed by atoms with E-state index >= 15 is 0 Å². The van der Waals surface area contributed by atoms with Gasteiger partial charge in [0.1, 0.15) is 0 Å². The summed E-state index contributed by atoms with van der Waals surface area (Å²) >= 11 is 9.44. The fourth-order valence-corrected chi connectivity index (χ4v) is 2.43. The number of Topliss-reactive ketones (excluding diaryl/α,β-unsaturated/α-hetero) is 1. The molecule has 1 heterocycles. The molecule has 4 heteroatoms. The molecule has 0 aliphatic rings.